The van der Waals surface area contributed by atoms with Crippen LogP contribution in [0.15, 0.2) is 47.8 Å². The highest BCUT2D eigenvalue weighted by atomic mass is 32.1. The molecule has 4 rings (SSSR count). The highest BCUT2D eigenvalue weighted by Crippen LogP contribution is 2.30. The van der Waals surface area contributed by atoms with Crippen LogP contribution in [0.25, 0.3) is 0 Å². The topological polar surface area (TPSA) is 77.4 Å². The number of thiophene rings is 1. The molecule has 3 aromatic rings. The molecule has 0 aliphatic heterocycles. The molecule has 1 N–H and O–H groups in total. The molecule has 32 heavy (non-hydrogen) atoms. The molecule has 2 aromatic heterocycles. The lowest BCUT2D eigenvalue weighted by atomic mass is 10.1. The zero-order valence-electron chi connectivity index (χ0n) is 18.2. The van der Waals surface area contributed by atoms with Crippen LogP contribution in [0, 0.1) is 19.8 Å². The van der Waals surface area contributed by atoms with Crippen molar-refractivity contribution in [1.82, 2.24) is 4.57 Å². The molecule has 1 aliphatic rings. The SMILES string of the molecule is Cc1cc(C(=O)COC(=O)c2cccc(NC(=O)C3CC3)c2)c(C)n1CCc1cccs1. The summed E-state index contributed by atoms with van der Waals surface area (Å²) in [6.07, 6.45) is 2.72. The average Bonchev–Trinajstić information content (AvgIpc) is 3.44. The lowest BCUT2D eigenvalue weighted by Crippen LogP contribution is -2.16. The van der Waals surface area contributed by atoms with Crippen molar-refractivity contribution in [2.75, 3.05) is 11.9 Å². The van der Waals surface area contributed by atoms with Crippen molar-refractivity contribution in [2.45, 2.75) is 39.7 Å². The first-order chi connectivity index (χ1) is 15.4. The molecule has 2 heterocycles. The molecule has 6 nitrogen and oxygen atoms in total. The number of aryl methyl sites for hydroxylation is 2. The Bertz CT molecular complexity index is 1140. The predicted molar refractivity (Wildman–Crippen MR) is 124 cm³/mol. The molecule has 0 atom stereocenters. The van der Waals surface area contributed by atoms with Crippen molar-refractivity contribution < 1.29 is 19.1 Å². The molecule has 1 amide bonds. The number of nitrogens with one attached hydrogen (secondary N) is 1. The summed E-state index contributed by atoms with van der Waals surface area (Å²) in [6.45, 7) is 4.37. The quantitative estimate of drug-likeness (QED) is 0.375. The van der Waals surface area contributed by atoms with Crippen molar-refractivity contribution in [2.24, 2.45) is 5.92 Å². The van der Waals surface area contributed by atoms with E-state index in [1.165, 1.54) is 4.88 Å². The van der Waals surface area contributed by atoms with Gasteiger partial charge >= 0.3 is 5.97 Å². The largest absolute Gasteiger partial charge is 0.454 e. The Hall–Kier alpha value is -3.19. The second-order valence-corrected chi connectivity index (χ2v) is 9.14. The summed E-state index contributed by atoms with van der Waals surface area (Å²) in [5.41, 5.74) is 3.31. The standard InChI is InChI=1S/C25H26N2O4S/c1-16-13-22(17(2)27(16)11-10-21-7-4-12-32-21)23(28)15-31-25(30)19-5-3-6-20(14-19)26-24(29)18-8-9-18/h3-7,12-14,18H,8-11,15H2,1-2H3,(H,26,29). The van der Waals surface area contributed by atoms with E-state index in [0.29, 0.717) is 16.8 Å². The molecule has 1 aliphatic carbocycles. The van der Waals surface area contributed by atoms with Crippen molar-refractivity contribution in [3.63, 3.8) is 0 Å². The normalized spacial score (nSPS) is 13.1. The van der Waals surface area contributed by atoms with Crippen molar-refractivity contribution in [3.8, 4) is 0 Å². The van der Waals surface area contributed by atoms with Gasteiger partial charge in [-0.05, 0) is 68.8 Å². The molecule has 1 fully saturated rings. The zero-order valence-corrected chi connectivity index (χ0v) is 19.0. The Morgan fingerprint density at radius 2 is 1.94 bits per heavy atom. The van der Waals surface area contributed by atoms with Gasteiger partial charge in [0, 0.05) is 40.0 Å². The predicted octanol–water partition coefficient (Wildman–Crippen LogP) is 4.80. The summed E-state index contributed by atoms with van der Waals surface area (Å²) < 4.78 is 7.40. The lowest BCUT2D eigenvalue weighted by Gasteiger charge is -2.09. The Morgan fingerprint density at radius 1 is 1.12 bits per heavy atom. The van der Waals surface area contributed by atoms with Gasteiger partial charge in [0.15, 0.2) is 6.61 Å². The number of carbonyl (C=O) groups is 3. The van der Waals surface area contributed by atoms with E-state index in [1.54, 1.807) is 35.6 Å². The number of carbonyl (C=O) groups excluding carboxylic acids is 3. The van der Waals surface area contributed by atoms with Crippen LogP contribution in [0.2, 0.25) is 0 Å². The number of hydrogen-bond donors (Lipinski definition) is 1. The van der Waals surface area contributed by atoms with Gasteiger partial charge in [0.05, 0.1) is 5.56 Å². The molecule has 1 saturated carbocycles. The Kier molecular flexibility index (Phi) is 6.55. The molecule has 0 spiro atoms. The second kappa shape index (κ2) is 9.53. The first-order valence-corrected chi connectivity index (χ1v) is 11.6. The molecule has 0 radical (unpaired) electrons. The van der Waals surface area contributed by atoms with Gasteiger partial charge in [-0.15, -0.1) is 11.3 Å². The molecule has 0 unspecified atom stereocenters. The van der Waals surface area contributed by atoms with E-state index >= 15 is 0 Å². The number of ketones is 1. The maximum Gasteiger partial charge on any atom is 0.338 e. The summed E-state index contributed by atoms with van der Waals surface area (Å²) in [4.78, 5) is 38.4. The van der Waals surface area contributed by atoms with Crippen LogP contribution < -0.4 is 5.32 Å². The lowest BCUT2D eigenvalue weighted by molar-refractivity contribution is -0.117. The van der Waals surface area contributed by atoms with Gasteiger partial charge in [-0.3, -0.25) is 9.59 Å². The number of esters is 1. The van der Waals surface area contributed by atoms with Gasteiger partial charge in [-0.2, -0.15) is 0 Å². The summed E-state index contributed by atoms with van der Waals surface area (Å²) in [5, 5.41) is 4.87. The third-order valence-electron chi connectivity index (χ3n) is 5.68. The van der Waals surface area contributed by atoms with E-state index in [2.05, 4.69) is 21.3 Å². The summed E-state index contributed by atoms with van der Waals surface area (Å²) in [6, 6.07) is 12.6. The first-order valence-electron chi connectivity index (χ1n) is 10.7. The fourth-order valence-corrected chi connectivity index (χ4v) is 4.41. The molecular formula is C25H26N2O4S. The van der Waals surface area contributed by atoms with E-state index in [4.69, 9.17) is 4.74 Å². The third-order valence-corrected chi connectivity index (χ3v) is 6.62. The monoisotopic (exact) mass is 450 g/mol. The van der Waals surface area contributed by atoms with Gasteiger partial charge in [0.25, 0.3) is 0 Å². The van der Waals surface area contributed by atoms with E-state index in [9.17, 15) is 14.4 Å². The second-order valence-electron chi connectivity index (χ2n) is 8.11. The minimum atomic E-state index is -0.590. The number of Topliss-reactive ketones (excluding diaryl/α,β-unsaturated/α-hetero) is 1. The van der Waals surface area contributed by atoms with Gasteiger partial charge in [0.1, 0.15) is 0 Å². The smallest absolute Gasteiger partial charge is 0.338 e. The van der Waals surface area contributed by atoms with Crippen LogP contribution in [-0.4, -0.2) is 28.8 Å². The summed E-state index contributed by atoms with van der Waals surface area (Å²) in [5.74, 6) is -0.771. The fraction of sp³-hybridized carbons (Fsp3) is 0.320. The van der Waals surface area contributed by atoms with Crippen molar-refractivity contribution >= 4 is 34.7 Å². The number of ether oxygens (including phenoxy) is 1. The number of nitrogens with zero attached hydrogens (tertiary/aromatic N) is 1. The number of hydrogen-bond acceptors (Lipinski definition) is 5. The third kappa shape index (κ3) is 5.16. The molecule has 166 valence electrons. The van der Waals surface area contributed by atoms with Crippen LogP contribution in [-0.2, 0) is 22.5 Å². The number of aromatic nitrogens is 1. The highest BCUT2D eigenvalue weighted by Gasteiger charge is 2.29. The summed E-state index contributed by atoms with van der Waals surface area (Å²) in [7, 11) is 0. The van der Waals surface area contributed by atoms with E-state index in [0.717, 1.165) is 37.2 Å². The van der Waals surface area contributed by atoms with Crippen LogP contribution in [0.4, 0.5) is 5.69 Å². The molecule has 0 saturated heterocycles. The number of benzene rings is 1. The van der Waals surface area contributed by atoms with Crippen molar-refractivity contribution in [3.05, 3.63) is 75.2 Å². The van der Waals surface area contributed by atoms with Crippen LogP contribution >= 0.6 is 11.3 Å². The van der Waals surface area contributed by atoms with Gasteiger partial charge in [-0.1, -0.05) is 12.1 Å². The maximum atomic E-state index is 12.7. The van der Waals surface area contributed by atoms with E-state index < -0.39 is 5.97 Å². The molecular weight excluding hydrogens is 424 g/mol. The van der Waals surface area contributed by atoms with E-state index in [-0.39, 0.29) is 24.2 Å². The van der Waals surface area contributed by atoms with Gasteiger partial charge in [0.2, 0.25) is 11.7 Å². The zero-order chi connectivity index (χ0) is 22.7. The molecule has 1 aromatic carbocycles. The van der Waals surface area contributed by atoms with Gasteiger partial charge in [-0.25, -0.2) is 4.79 Å². The van der Waals surface area contributed by atoms with Gasteiger partial charge < -0.3 is 14.6 Å². The number of anilines is 1. The maximum absolute atomic E-state index is 12.7. The van der Waals surface area contributed by atoms with Crippen LogP contribution in [0.5, 0.6) is 0 Å². The first kappa shape index (κ1) is 22.0. The minimum absolute atomic E-state index is 0.0277. The van der Waals surface area contributed by atoms with E-state index in [1.807, 2.05) is 26.0 Å². The fourth-order valence-electron chi connectivity index (χ4n) is 3.71. The van der Waals surface area contributed by atoms with Crippen molar-refractivity contribution in [1.29, 1.82) is 0 Å². The van der Waals surface area contributed by atoms with Crippen LogP contribution in [0.3, 0.4) is 0 Å². The molecule has 7 heteroatoms. The number of amides is 1. The minimum Gasteiger partial charge on any atom is -0.454 e. The Morgan fingerprint density at radius 3 is 2.66 bits per heavy atom. The summed E-state index contributed by atoms with van der Waals surface area (Å²) >= 11 is 1.72. The Balaban J connectivity index is 1.35. The number of rotatable bonds is 9. The highest BCUT2D eigenvalue weighted by molar-refractivity contribution is 7.09. The Labute approximate surface area is 191 Å². The van der Waals surface area contributed by atoms with Crippen LogP contribution in [0.1, 0.15) is 49.8 Å². The molecule has 0 bridgehead atoms. The average molecular weight is 451 g/mol.